The first-order chi connectivity index (χ1) is 8.65. The van der Waals surface area contributed by atoms with Gasteiger partial charge in [-0.1, -0.05) is 0 Å². The molecule has 18 heavy (non-hydrogen) atoms. The summed E-state index contributed by atoms with van der Waals surface area (Å²) >= 11 is 0. The van der Waals surface area contributed by atoms with E-state index in [1.165, 1.54) is 12.4 Å². The van der Waals surface area contributed by atoms with E-state index in [4.69, 9.17) is 5.73 Å². The van der Waals surface area contributed by atoms with Crippen molar-refractivity contribution >= 4 is 17.1 Å². The number of nitrogen functional groups attached to an aromatic ring is 1. The van der Waals surface area contributed by atoms with Crippen LogP contribution in [0.15, 0.2) is 24.5 Å². The third-order valence-corrected chi connectivity index (χ3v) is 2.49. The molecule has 0 saturated carbocycles. The lowest BCUT2D eigenvalue weighted by atomic mass is 10.1. The van der Waals surface area contributed by atoms with Crippen LogP contribution in [-0.2, 0) is 0 Å². The minimum absolute atomic E-state index is 0.0201. The van der Waals surface area contributed by atoms with Crippen molar-refractivity contribution in [2.75, 3.05) is 5.73 Å². The standard InChI is InChI=1S/C11H7F2N5/c12-5-1-2-6(7(13)3-5)8-9-10(16-4-15-9)18-11(14)17-8/h1-4H,(H3,14,15,16,17,18). The SMILES string of the molecule is Nc1nc(-c2ccc(F)cc2F)c2[nH]cnc2n1. The summed E-state index contributed by atoms with van der Waals surface area (Å²) in [5.74, 6) is -1.39. The van der Waals surface area contributed by atoms with Crippen LogP contribution in [0.25, 0.3) is 22.4 Å². The largest absolute Gasteiger partial charge is 0.368 e. The fraction of sp³-hybridized carbons (Fsp3) is 0. The molecule has 2 heterocycles. The molecule has 7 heteroatoms. The number of hydrogen-bond acceptors (Lipinski definition) is 4. The summed E-state index contributed by atoms with van der Waals surface area (Å²) in [4.78, 5) is 14.6. The van der Waals surface area contributed by atoms with Crippen LogP contribution in [0.2, 0.25) is 0 Å². The van der Waals surface area contributed by atoms with Gasteiger partial charge in [0.2, 0.25) is 5.95 Å². The highest BCUT2D eigenvalue weighted by Gasteiger charge is 2.14. The number of benzene rings is 1. The molecule has 5 nitrogen and oxygen atoms in total. The smallest absolute Gasteiger partial charge is 0.222 e. The third kappa shape index (κ3) is 1.56. The maximum absolute atomic E-state index is 13.7. The molecular weight excluding hydrogens is 240 g/mol. The number of halogens is 2. The van der Waals surface area contributed by atoms with E-state index in [1.54, 1.807) is 0 Å². The van der Waals surface area contributed by atoms with E-state index >= 15 is 0 Å². The molecule has 0 fully saturated rings. The van der Waals surface area contributed by atoms with Crippen molar-refractivity contribution in [1.29, 1.82) is 0 Å². The molecule has 90 valence electrons. The Morgan fingerprint density at radius 3 is 2.78 bits per heavy atom. The number of nitrogens with two attached hydrogens (primary N) is 1. The number of nitrogens with one attached hydrogen (secondary N) is 1. The highest BCUT2D eigenvalue weighted by Crippen LogP contribution is 2.27. The van der Waals surface area contributed by atoms with Gasteiger partial charge in [-0.05, 0) is 12.1 Å². The predicted octanol–water partition coefficient (Wildman–Crippen LogP) is 1.88. The van der Waals surface area contributed by atoms with Crippen molar-refractivity contribution in [2.45, 2.75) is 0 Å². The molecule has 0 aliphatic heterocycles. The van der Waals surface area contributed by atoms with Gasteiger partial charge in [0.1, 0.15) is 22.8 Å². The number of hydrogen-bond donors (Lipinski definition) is 2. The van der Waals surface area contributed by atoms with Crippen LogP contribution < -0.4 is 5.73 Å². The quantitative estimate of drug-likeness (QED) is 0.688. The number of H-pyrrole nitrogens is 1. The van der Waals surface area contributed by atoms with Gasteiger partial charge in [-0.2, -0.15) is 4.98 Å². The number of fused-ring (bicyclic) bond motifs is 1. The molecule has 2 aromatic heterocycles. The van der Waals surface area contributed by atoms with Gasteiger partial charge in [0.15, 0.2) is 5.65 Å². The Kier molecular flexibility index (Phi) is 2.19. The van der Waals surface area contributed by atoms with Crippen molar-refractivity contribution in [3.05, 3.63) is 36.2 Å². The van der Waals surface area contributed by atoms with Crippen molar-refractivity contribution < 1.29 is 8.78 Å². The van der Waals surface area contributed by atoms with E-state index in [1.807, 2.05) is 0 Å². The second-order valence-electron chi connectivity index (χ2n) is 3.66. The lowest BCUT2D eigenvalue weighted by Crippen LogP contribution is -1.99. The molecule has 3 rings (SSSR count). The zero-order valence-corrected chi connectivity index (χ0v) is 8.98. The van der Waals surface area contributed by atoms with Crippen molar-refractivity contribution in [2.24, 2.45) is 0 Å². The van der Waals surface area contributed by atoms with E-state index in [9.17, 15) is 8.78 Å². The van der Waals surface area contributed by atoms with Crippen LogP contribution >= 0.6 is 0 Å². The molecule has 1 aromatic carbocycles. The molecule has 0 atom stereocenters. The summed E-state index contributed by atoms with van der Waals surface area (Å²) < 4.78 is 26.6. The van der Waals surface area contributed by atoms with Crippen LogP contribution in [0.1, 0.15) is 0 Å². The summed E-state index contributed by atoms with van der Waals surface area (Å²) in [6, 6.07) is 3.24. The molecule has 0 unspecified atom stereocenters. The van der Waals surface area contributed by atoms with Crippen LogP contribution in [0, 0.1) is 11.6 Å². The van der Waals surface area contributed by atoms with Gasteiger partial charge >= 0.3 is 0 Å². The highest BCUT2D eigenvalue weighted by atomic mass is 19.1. The topological polar surface area (TPSA) is 80.5 Å². The number of imidazole rings is 1. The van der Waals surface area contributed by atoms with Gasteiger partial charge in [-0.3, -0.25) is 0 Å². The van der Waals surface area contributed by atoms with Crippen molar-refractivity contribution in [1.82, 2.24) is 19.9 Å². The second-order valence-corrected chi connectivity index (χ2v) is 3.66. The summed E-state index contributed by atoms with van der Waals surface area (Å²) in [6.07, 6.45) is 1.41. The fourth-order valence-electron chi connectivity index (χ4n) is 1.73. The number of rotatable bonds is 1. The van der Waals surface area contributed by atoms with Crippen molar-refractivity contribution in [3.63, 3.8) is 0 Å². The molecule has 0 radical (unpaired) electrons. The molecule has 0 spiro atoms. The zero-order valence-electron chi connectivity index (χ0n) is 8.98. The van der Waals surface area contributed by atoms with E-state index in [-0.39, 0.29) is 17.2 Å². The maximum Gasteiger partial charge on any atom is 0.222 e. The molecule has 0 amide bonds. The zero-order chi connectivity index (χ0) is 12.7. The van der Waals surface area contributed by atoms with Crippen LogP contribution in [-0.4, -0.2) is 19.9 Å². The van der Waals surface area contributed by atoms with E-state index in [0.29, 0.717) is 11.2 Å². The molecule has 0 saturated heterocycles. The Balaban J connectivity index is 2.33. The number of aromatic amines is 1. The molecular formula is C11H7F2N5. The first kappa shape index (κ1) is 10.6. The van der Waals surface area contributed by atoms with Gasteiger partial charge in [0.05, 0.1) is 6.33 Å². The van der Waals surface area contributed by atoms with Crippen LogP contribution in [0.4, 0.5) is 14.7 Å². The fourth-order valence-corrected chi connectivity index (χ4v) is 1.73. The van der Waals surface area contributed by atoms with Gasteiger partial charge < -0.3 is 10.7 Å². The van der Waals surface area contributed by atoms with E-state index < -0.39 is 11.6 Å². The molecule has 3 N–H and O–H groups in total. The number of anilines is 1. The maximum atomic E-state index is 13.7. The average molecular weight is 247 g/mol. The van der Waals surface area contributed by atoms with E-state index in [0.717, 1.165) is 12.1 Å². The Hall–Kier alpha value is -2.57. The third-order valence-electron chi connectivity index (χ3n) is 2.49. The lowest BCUT2D eigenvalue weighted by molar-refractivity contribution is 0.585. The second kappa shape index (κ2) is 3.73. The minimum Gasteiger partial charge on any atom is -0.368 e. The first-order valence-electron chi connectivity index (χ1n) is 5.07. The van der Waals surface area contributed by atoms with Gasteiger partial charge in [-0.15, -0.1) is 0 Å². The Bertz CT molecular complexity index is 737. The van der Waals surface area contributed by atoms with Crippen LogP contribution in [0.5, 0.6) is 0 Å². The number of nitrogens with zero attached hydrogens (tertiary/aromatic N) is 3. The average Bonchev–Trinajstić information content (AvgIpc) is 2.76. The van der Waals surface area contributed by atoms with Gasteiger partial charge in [0, 0.05) is 11.6 Å². The molecule has 0 aliphatic rings. The normalized spacial score (nSPS) is 11.0. The molecule has 0 aliphatic carbocycles. The Labute approximate surface area is 99.7 Å². The Morgan fingerprint density at radius 2 is 2.00 bits per heavy atom. The highest BCUT2D eigenvalue weighted by molar-refractivity contribution is 5.87. The Morgan fingerprint density at radius 1 is 1.17 bits per heavy atom. The summed E-state index contributed by atoms with van der Waals surface area (Å²) in [5, 5.41) is 0. The summed E-state index contributed by atoms with van der Waals surface area (Å²) in [5.41, 5.74) is 6.71. The number of aromatic nitrogens is 4. The molecule has 0 bridgehead atoms. The van der Waals surface area contributed by atoms with Gasteiger partial charge in [-0.25, -0.2) is 18.7 Å². The predicted molar refractivity (Wildman–Crippen MR) is 61.4 cm³/mol. The summed E-state index contributed by atoms with van der Waals surface area (Å²) in [6.45, 7) is 0. The van der Waals surface area contributed by atoms with Crippen LogP contribution in [0.3, 0.4) is 0 Å². The van der Waals surface area contributed by atoms with Crippen molar-refractivity contribution in [3.8, 4) is 11.3 Å². The minimum atomic E-state index is -0.719. The van der Waals surface area contributed by atoms with Gasteiger partial charge in [0.25, 0.3) is 0 Å². The lowest BCUT2D eigenvalue weighted by Gasteiger charge is -2.04. The molecule has 3 aromatic rings. The first-order valence-corrected chi connectivity index (χ1v) is 5.07. The summed E-state index contributed by atoms with van der Waals surface area (Å²) in [7, 11) is 0. The van der Waals surface area contributed by atoms with E-state index in [2.05, 4.69) is 19.9 Å². The monoisotopic (exact) mass is 247 g/mol.